The summed E-state index contributed by atoms with van der Waals surface area (Å²) in [5, 5.41) is 0. The monoisotopic (exact) mass is 217 g/mol. The van der Waals surface area contributed by atoms with Crippen molar-refractivity contribution >= 4 is 0 Å². The largest absolute Gasteiger partial charge is 0.351 e. The van der Waals surface area contributed by atoms with Crippen LogP contribution in [0.1, 0.15) is 45.4 Å². The highest BCUT2D eigenvalue weighted by atomic mass is 15.1. The molecule has 88 valence electrons. The van der Waals surface area contributed by atoms with E-state index >= 15 is 0 Å². The summed E-state index contributed by atoms with van der Waals surface area (Å²) < 4.78 is 0. The Labute approximate surface area is 99.5 Å². The third kappa shape index (κ3) is 2.58. The quantitative estimate of drug-likeness (QED) is 0.680. The Hall–Kier alpha value is -0.980. The Kier molecular flexibility index (Phi) is 3.87. The highest BCUT2D eigenvalue weighted by molar-refractivity contribution is 5.23. The molecule has 1 fully saturated rings. The number of rotatable bonds is 4. The van der Waals surface area contributed by atoms with Crippen LogP contribution in [0.4, 0.5) is 0 Å². The van der Waals surface area contributed by atoms with Gasteiger partial charge in [-0.25, -0.2) is 0 Å². The van der Waals surface area contributed by atoms with Crippen molar-refractivity contribution in [3.63, 3.8) is 0 Å². The summed E-state index contributed by atoms with van der Waals surface area (Å²) in [4.78, 5) is 2.41. The molecule has 1 aliphatic carbocycles. The molecule has 0 saturated heterocycles. The SMILES string of the molecule is C=CC1=CN(C2CCC(CCC)C2)C=CC1. The molecule has 0 aromatic carbocycles. The topological polar surface area (TPSA) is 3.24 Å². The Morgan fingerprint density at radius 2 is 2.38 bits per heavy atom. The molecular formula is C15H23N. The summed E-state index contributed by atoms with van der Waals surface area (Å²) in [6, 6.07) is 0.739. The van der Waals surface area contributed by atoms with Crippen LogP contribution in [0, 0.1) is 5.92 Å². The Morgan fingerprint density at radius 3 is 3.12 bits per heavy atom. The summed E-state index contributed by atoms with van der Waals surface area (Å²) in [6.07, 6.45) is 16.7. The molecule has 2 unspecified atom stereocenters. The first-order valence-electron chi connectivity index (χ1n) is 6.60. The Morgan fingerprint density at radius 1 is 1.50 bits per heavy atom. The molecule has 1 heteroatoms. The minimum atomic E-state index is 0.739. The van der Waals surface area contributed by atoms with Gasteiger partial charge in [-0.2, -0.15) is 0 Å². The number of hydrogen-bond acceptors (Lipinski definition) is 1. The molecule has 0 radical (unpaired) electrons. The van der Waals surface area contributed by atoms with E-state index in [9.17, 15) is 0 Å². The van der Waals surface area contributed by atoms with Crippen LogP contribution in [0.15, 0.2) is 36.7 Å². The molecule has 1 aliphatic heterocycles. The summed E-state index contributed by atoms with van der Waals surface area (Å²) in [6.45, 7) is 6.16. The number of hydrogen-bond donors (Lipinski definition) is 0. The van der Waals surface area contributed by atoms with Crippen LogP contribution in [-0.4, -0.2) is 10.9 Å². The van der Waals surface area contributed by atoms with Crippen molar-refractivity contribution in [2.24, 2.45) is 5.92 Å². The second kappa shape index (κ2) is 5.38. The van der Waals surface area contributed by atoms with E-state index < -0.39 is 0 Å². The molecule has 0 aromatic heterocycles. The van der Waals surface area contributed by atoms with E-state index in [2.05, 4.69) is 36.9 Å². The van der Waals surface area contributed by atoms with Crippen molar-refractivity contribution in [2.45, 2.75) is 51.5 Å². The van der Waals surface area contributed by atoms with Crippen LogP contribution in [0.2, 0.25) is 0 Å². The van der Waals surface area contributed by atoms with Crippen molar-refractivity contribution in [1.82, 2.24) is 4.90 Å². The summed E-state index contributed by atoms with van der Waals surface area (Å²) in [5.74, 6) is 0.964. The van der Waals surface area contributed by atoms with E-state index in [0.717, 1.165) is 18.4 Å². The van der Waals surface area contributed by atoms with Gasteiger partial charge in [-0.1, -0.05) is 38.5 Å². The Balaban J connectivity index is 1.93. The van der Waals surface area contributed by atoms with E-state index in [0.29, 0.717) is 0 Å². The van der Waals surface area contributed by atoms with E-state index in [-0.39, 0.29) is 0 Å². The molecule has 0 N–H and O–H groups in total. The first kappa shape index (κ1) is 11.5. The third-order valence-electron chi connectivity index (χ3n) is 3.84. The van der Waals surface area contributed by atoms with Crippen LogP contribution in [0.25, 0.3) is 0 Å². The second-order valence-electron chi connectivity index (χ2n) is 5.07. The fourth-order valence-corrected chi connectivity index (χ4v) is 2.95. The zero-order valence-corrected chi connectivity index (χ0v) is 10.4. The lowest BCUT2D eigenvalue weighted by molar-refractivity contribution is 0.348. The van der Waals surface area contributed by atoms with Gasteiger partial charge in [0.05, 0.1) is 0 Å². The smallest absolute Gasteiger partial charge is 0.0333 e. The van der Waals surface area contributed by atoms with Gasteiger partial charge in [-0.05, 0) is 37.2 Å². The zero-order chi connectivity index (χ0) is 11.4. The normalized spacial score (nSPS) is 29.3. The molecule has 0 aromatic rings. The van der Waals surface area contributed by atoms with Gasteiger partial charge in [0.15, 0.2) is 0 Å². The van der Waals surface area contributed by atoms with Crippen LogP contribution < -0.4 is 0 Å². The van der Waals surface area contributed by atoms with Gasteiger partial charge in [0.1, 0.15) is 0 Å². The van der Waals surface area contributed by atoms with Crippen molar-refractivity contribution in [3.8, 4) is 0 Å². The van der Waals surface area contributed by atoms with Crippen LogP contribution in [-0.2, 0) is 0 Å². The molecule has 0 bridgehead atoms. The Bertz CT molecular complexity index is 301. The summed E-state index contributed by atoms with van der Waals surface area (Å²) in [5.41, 5.74) is 1.35. The zero-order valence-electron chi connectivity index (χ0n) is 10.4. The van der Waals surface area contributed by atoms with E-state index in [4.69, 9.17) is 0 Å². The lowest BCUT2D eigenvalue weighted by atomic mass is 10.0. The van der Waals surface area contributed by atoms with E-state index in [1.54, 1.807) is 0 Å². The van der Waals surface area contributed by atoms with Gasteiger partial charge < -0.3 is 4.90 Å². The fraction of sp³-hybridized carbons (Fsp3) is 0.600. The van der Waals surface area contributed by atoms with Crippen LogP contribution in [0.5, 0.6) is 0 Å². The number of nitrogens with zero attached hydrogens (tertiary/aromatic N) is 1. The predicted octanol–water partition coefficient (Wildman–Crippen LogP) is 4.24. The van der Waals surface area contributed by atoms with Crippen molar-refractivity contribution < 1.29 is 0 Å². The average molecular weight is 217 g/mol. The molecule has 2 aliphatic rings. The van der Waals surface area contributed by atoms with Gasteiger partial charge in [0.25, 0.3) is 0 Å². The lowest BCUT2D eigenvalue weighted by Crippen LogP contribution is -2.25. The second-order valence-corrected chi connectivity index (χ2v) is 5.07. The van der Waals surface area contributed by atoms with Crippen molar-refractivity contribution in [2.75, 3.05) is 0 Å². The van der Waals surface area contributed by atoms with E-state index in [1.807, 2.05) is 6.08 Å². The molecule has 1 saturated carbocycles. The highest BCUT2D eigenvalue weighted by Gasteiger charge is 2.27. The van der Waals surface area contributed by atoms with Gasteiger partial charge in [-0.15, -0.1) is 0 Å². The van der Waals surface area contributed by atoms with Crippen LogP contribution >= 0.6 is 0 Å². The summed E-state index contributed by atoms with van der Waals surface area (Å²) in [7, 11) is 0. The minimum absolute atomic E-state index is 0.739. The summed E-state index contributed by atoms with van der Waals surface area (Å²) >= 11 is 0. The van der Waals surface area contributed by atoms with Gasteiger partial charge >= 0.3 is 0 Å². The maximum atomic E-state index is 3.86. The average Bonchev–Trinajstić information content (AvgIpc) is 2.78. The van der Waals surface area contributed by atoms with Crippen molar-refractivity contribution in [3.05, 3.63) is 36.7 Å². The minimum Gasteiger partial charge on any atom is -0.351 e. The fourth-order valence-electron chi connectivity index (χ4n) is 2.95. The van der Waals surface area contributed by atoms with Crippen molar-refractivity contribution in [1.29, 1.82) is 0 Å². The molecular weight excluding hydrogens is 194 g/mol. The predicted molar refractivity (Wildman–Crippen MR) is 69.9 cm³/mol. The molecule has 2 rings (SSSR count). The third-order valence-corrected chi connectivity index (χ3v) is 3.84. The standard InChI is InChI=1S/C15H23N/c1-3-6-14-8-9-15(11-14)16-10-5-7-13(4-2)12-16/h4-5,10,12,14-15H,2-3,6-9,11H2,1H3. The lowest BCUT2D eigenvalue weighted by Gasteiger charge is -2.27. The van der Waals surface area contributed by atoms with E-state index in [1.165, 1.54) is 37.7 Å². The molecule has 16 heavy (non-hydrogen) atoms. The molecule has 1 heterocycles. The number of allylic oxidation sites excluding steroid dienone is 3. The maximum Gasteiger partial charge on any atom is 0.0333 e. The van der Waals surface area contributed by atoms with Gasteiger partial charge in [-0.3, -0.25) is 0 Å². The molecule has 1 nitrogen and oxygen atoms in total. The van der Waals surface area contributed by atoms with Crippen LogP contribution in [0.3, 0.4) is 0 Å². The first-order valence-corrected chi connectivity index (χ1v) is 6.60. The first-order chi connectivity index (χ1) is 7.83. The van der Waals surface area contributed by atoms with Gasteiger partial charge in [0, 0.05) is 18.4 Å². The highest BCUT2D eigenvalue weighted by Crippen LogP contribution is 2.33. The molecule has 0 spiro atoms. The maximum absolute atomic E-state index is 3.86. The molecule has 0 amide bonds. The van der Waals surface area contributed by atoms with Gasteiger partial charge in [0.2, 0.25) is 0 Å². The molecule has 2 atom stereocenters.